The van der Waals surface area contributed by atoms with Crippen LogP contribution in [0.4, 0.5) is 0 Å². The van der Waals surface area contributed by atoms with Crippen LogP contribution in [0.25, 0.3) is 11.0 Å². The van der Waals surface area contributed by atoms with E-state index in [2.05, 4.69) is 15.6 Å². The van der Waals surface area contributed by atoms with Crippen molar-refractivity contribution in [3.8, 4) is 0 Å². The number of rotatable bonds is 2. The standard InChI is InChI=1S/C14H17N5O2/c1-3-19-12-5-4-10(8-11(12)16-17-19)14(21)18-7-6-15-13(20)9(18)2/h4-5,8-9H,3,6-7H2,1-2H3,(H,15,20). The van der Waals surface area contributed by atoms with Crippen molar-refractivity contribution < 1.29 is 9.59 Å². The number of hydrogen-bond donors (Lipinski definition) is 1. The molecule has 0 aliphatic carbocycles. The van der Waals surface area contributed by atoms with Gasteiger partial charge in [0.1, 0.15) is 11.6 Å². The van der Waals surface area contributed by atoms with Crippen LogP contribution in [0.5, 0.6) is 0 Å². The normalized spacial score (nSPS) is 18.9. The lowest BCUT2D eigenvalue weighted by atomic mass is 10.1. The zero-order chi connectivity index (χ0) is 15.0. The molecule has 1 N–H and O–H groups in total. The molecule has 2 heterocycles. The molecule has 110 valence electrons. The predicted molar refractivity (Wildman–Crippen MR) is 76.7 cm³/mol. The van der Waals surface area contributed by atoms with E-state index in [1.165, 1.54) is 0 Å². The number of amides is 2. The first kappa shape index (κ1) is 13.5. The first-order valence-electron chi connectivity index (χ1n) is 7.03. The molecule has 1 fully saturated rings. The van der Waals surface area contributed by atoms with Crippen LogP contribution in [-0.4, -0.2) is 50.8 Å². The summed E-state index contributed by atoms with van der Waals surface area (Å²) < 4.78 is 1.78. The quantitative estimate of drug-likeness (QED) is 0.867. The zero-order valence-corrected chi connectivity index (χ0v) is 12.0. The molecule has 1 saturated heterocycles. The second kappa shape index (κ2) is 5.16. The molecular weight excluding hydrogens is 270 g/mol. The van der Waals surface area contributed by atoms with Gasteiger partial charge in [0.25, 0.3) is 5.91 Å². The van der Waals surface area contributed by atoms with Gasteiger partial charge in [-0.2, -0.15) is 0 Å². The molecule has 1 unspecified atom stereocenters. The highest BCUT2D eigenvalue weighted by Crippen LogP contribution is 2.17. The number of hydrogen-bond acceptors (Lipinski definition) is 4. The first-order chi connectivity index (χ1) is 10.1. The van der Waals surface area contributed by atoms with E-state index < -0.39 is 6.04 Å². The van der Waals surface area contributed by atoms with Gasteiger partial charge in [-0.1, -0.05) is 5.21 Å². The van der Waals surface area contributed by atoms with E-state index in [0.29, 0.717) is 24.2 Å². The summed E-state index contributed by atoms with van der Waals surface area (Å²) in [4.78, 5) is 25.8. The highest BCUT2D eigenvalue weighted by molar-refractivity contribution is 6.00. The molecular formula is C14H17N5O2. The van der Waals surface area contributed by atoms with E-state index in [1.807, 2.05) is 13.0 Å². The van der Waals surface area contributed by atoms with E-state index >= 15 is 0 Å². The fourth-order valence-corrected chi connectivity index (χ4v) is 2.56. The van der Waals surface area contributed by atoms with Crippen LogP contribution in [0.3, 0.4) is 0 Å². The summed E-state index contributed by atoms with van der Waals surface area (Å²) in [6.07, 6.45) is 0. The smallest absolute Gasteiger partial charge is 0.254 e. The summed E-state index contributed by atoms with van der Waals surface area (Å²) in [5, 5.41) is 10.9. The van der Waals surface area contributed by atoms with Gasteiger partial charge in [-0.15, -0.1) is 5.10 Å². The number of nitrogens with one attached hydrogen (secondary N) is 1. The summed E-state index contributed by atoms with van der Waals surface area (Å²) in [7, 11) is 0. The Morgan fingerprint density at radius 3 is 3.05 bits per heavy atom. The van der Waals surface area contributed by atoms with Crippen LogP contribution in [0.2, 0.25) is 0 Å². The lowest BCUT2D eigenvalue weighted by molar-refractivity contribution is -0.127. The number of piperazine rings is 1. The minimum Gasteiger partial charge on any atom is -0.353 e. The van der Waals surface area contributed by atoms with Gasteiger partial charge in [0.15, 0.2) is 0 Å². The summed E-state index contributed by atoms with van der Waals surface area (Å²) in [5.74, 6) is -0.266. The van der Waals surface area contributed by atoms with Crippen molar-refractivity contribution in [3.63, 3.8) is 0 Å². The summed E-state index contributed by atoms with van der Waals surface area (Å²) in [5.41, 5.74) is 2.13. The van der Waals surface area contributed by atoms with Gasteiger partial charge in [0, 0.05) is 25.2 Å². The van der Waals surface area contributed by atoms with E-state index in [0.717, 1.165) is 12.1 Å². The van der Waals surface area contributed by atoms with Crippen molar-refractivity contribution in [3.05, 3.63) is 23.8 Å². The average Bonchev–Trinajstić information content (AvgIpc) is 2.91. The molecule has 21 heavy (non-hydrogen) atoms. The molecule has 7 nitrogen and oxygen atoms in total. The van der Waals surface area contributed by atoms with Gasteiger partial charge >= 0.3 is 0 Å². The van der Waals surface area contributed by atoms with Crippen LogP contribution in [0, 0.1) is 0 Å². The monoisotopic (exact) mass is 287 g/mol. The number of aromatic nitrogens is 3. The number of fused-ring (bicyclic) bond motifs is 1. The molecule has 7 heteroatoms. The Balaban J connectivity index is 1.92. The van der Waals surface area contributed by atoms with Gasteiger partial charge in [-0.05, 0) is 32.0 Å². The van der Waals surface area contributed by atoms with E-state index in [4.69, 9.17) is 0 Å². The highest BCUT2D eigenvalue weighted by atomic mass is 16.2. The Morgan fingerprint density at radius 1 is 1.48 bits per heavy atom. The molecule has 2 amide bonds. The molecule has 0 radical (unpaired) electrons. The number of carbonyl (C=O) groups is 2. The molecule has 1 aromatic carbocycles. The zero-order valence-electron chi connectivity index (χ0n) is 12.0. The SMILES string of the molecule is CCn1nnc2cc(C(=O)N3CCNC(=O)C3C)ccc21. The highest BCUT2D eigenvalue weighted by Gasteiger charge is 2.30. The number of carbonyl (C=O) groups excluding carboxylic acids is 2. The molecule has 1 atom stereocenters. The Morgan fingerprint density at radius 2 is 2.29 bits per heavy atom. The molecule has 1 aromatic heterocycles. The van der Waals surface area contributed by atoms with E-state index in [-0.39, 0.29) is 11.8 Å². The van der Waals surface area contributed by atoms with Crippen molar-refractivity contribution in [1.29, 1.82) is 0 Å². The van der Waals surface area contributed by atoms with Crippen LogP contribution in [-0.2, 0) is 11.3 Å². The lowest BCUT2D eigenvalue weighted by Crippen LogP contribution is -2.55. The van der Waals surface area contributed by atoms with Crippen LogP contribution >= 0.6 is 0 Å². The molecule has 0 spiro atoms. The summed E-state index contributed by atoms with van der Waals surface area (Å²) in [6, 6.07) is 4.89. The molecule has 2 aromatic rings. The molecule has 1 aliphatic rings. The van der Waals surface area contributed by atoms with Crippen LogP contribution in [0.1, 0.15) is 24.2 Å². The molecule has 0 bridgehead atoms. The van der Waals surface area contributed by atoms with Crippen molar-refractivity contribution >= 4 is 22.8 Å². The van der Waals surface area contributed by atoms with Crippen molar-refractivity contribution in [2.45, 2.75) is 26.4 Å². The van der Waals surface area contributed by atoms with Gasteiger partial charge in [0.2, 0.25) is 5.91 Å². The third kappa shape index (κ3) is 2.24. The average molecular weight is 287 g/mol. The third-order valence-electron chi connectivity index (χ3n) is 3.82. The van der Waals surface area contributed by atoms with Gasteiger partial charge < -0.3 is 10.2 Å². The number of aryl methyl sites for hydroxylation is 1. The molecule has 3 rings (SSSR count). The molecule has 0 saturated carbocycles. The maximum absolute atomic E-state index is 12.6. The second-order valence-electron chi connectivity index (χ2n) is 5.07. The van der Waals surface area contributed by atoms with E-state index in [1.54, 1.807) is 28.6 Å². The fraction of sp³-hybridized carbons (Fsp3) is 0.429. The maximum atomic E-state index is 12.6. The summed E-state index contributed by atoms with van der Waals surface area (Å²) in [6.45, 7) is 5.46. The van der Waals surface area contributed by atoms with E-state index in [9.17, 15) is 9.59 Å². The summed E-state index contributed by atoms with van der Waals surface area (Å²) >= 11 is 0. The largest absolute Gasteiger partial charge is 0.353 e. The fourth-order valence-electron chi connectivity index (χ4n) is 2.56. The predicted octanol–water partition coefficient (Wildman–Crippen LogP) is 0.412. The van der Waals surface area contributed by atoms with Gasteiger partial charge in [0.05, 0.1) is 5.52 Å². The Hall–Kier alpha value is -2.44. The third-order valence-corrected chi connectivity index (χ3v) is 3.82. The maximum Gasteiger partial charge on any atom is 0.254 e. The first-order valence-corrected chi connectivity index (χ1v) is 7.03. The minimum absolute atomic E-state index is 0.118. The van der Waals surface area contributed by atoms with Gasteiger partial charge in [-0.3, -0.25) is 9.59 Å². The Kier molecular flexibility index (Phi) is 3.32. The lowest BCUT2D eigenvalue weighted by Gasteiger charge is -2.32. The van der Waals surface area contributed by atoms with Crippen LogP contribution in [0.15, 0.2) is 18.2 Å². The second-order valence-corrected chi connectivity index (χ2v) is 5.07. The Bertz CT molecular complexity index is 708. The minimum atomic E-state index is -0.451. The Labute approximate surface area is 121 Å². The topological polar surface area (TPSA) is 80.1 Å². The van der Waals surface area contributed by atoms with Gasteiger partial charge in [-0.25, -0.2) is 4.68 Å². The van der Waals surface area contributed by atoms with Crippen molar-refractivity contribution in [1.82, 2.24) is 25.2 Å². The number of nitrogens with zero attached hydrogens (tertiary/aromatic N) is 4. The number of benzene rings is 1. The van der Waals surface area contributed by atoms with Crippen molar-refractivity contribution in [2.75, 3.05) is 13.1 Å². The van der Waals surface area contributed by atoms with Crippen LogP contribution < -0.4 is 5.32 Å². The van der Waals surface area contributed by atoms with Crippen molar-refractivity contribution in [2.24, 2.45) is 0 Å². The molecule has 1 aliphatic heterocycles.